The van der Waals surface area contributed by atoms with Gasteiger partial charge in [0.1, 0.15) is 10.6 Å². The van der Waals surface area contributed by atoms with E-state index in [-0.39, 0.29) is 5.56 Å². The Kier molecular flexibility index (Phi) is 3.11. The molecule has 0 unspecified atom stereocenters. The number of phenols is 1. The van der Waals surface area contributed by atoms with Gasteiger partial charge in [0, 0.05) is 5.56 Å². The maximum atomic E-state index is 11.3. The second-order valence-electron chi connectivity index (χ2n) is 3.99. The number of hydrogen-bond donors (Lipinski definition) is 2. The summed E-state index contributed by atoms with van der Waals surface area (Å²) in [6.07, 6.45) is 0. The summed E-state index contributed by atoms with van der Waals surface area (Å²) < 4.78 is 31.8. The lowest BCUT2D eigenvalue weighted by atomic mass is 10.0. The molecule has 0 aliphatic rings. The van der Waals surface area contributed by atoms with Crippen LogP contribution in [0.25, 0.3) is 11.1 Å². The van der Waals surface area contributed by atoms with Crippen molar-refractivity contribution in [3.05, 3.63) is 48.0 Å². The number of aryl methyl sites for hydroxylation is 1. The minimum Gasteiger partial charge on any atom is -0.506 e. The molecule has 94 valence electrons. The van der Waals surface area contributed by atoms with Crippen molar-refractivity contribution in [1.82, 2.24) is 0 Å². The van der Waals surface area contributed by atoms with Crippen LogP contribution in [0.5, 0.6) is 5.75 Å². The van der Waals surface area contributed by atoms with E-state index < -0.39 is 20.8 Å². The Hall–Kier alpha value is -1.85. The maximum Gasteiger partial charge on any atom is 0.298 e. The third kappa shape index (κ3) is 2.37. The first-order valence-electron chi connectivity index (χ1n) is 5.26. The van der Waals surface area contributed by atoms with Crippen molar-refractivity contribution in [2.75, 3.05) is 0 Å². The minimum atomic E-state index is -4.47. The van der Waals surface area contributed by atoms with Gasteiger partial charge in [-0.2, -0.15) is 8.42 Å². The van der Waals surface area contributed by atoms with E-state index in [0.29, 0.717) is 5.56 Å². The van der Waals surface area contributed by atoms with Crippen LogP contribution in [-0.2, 0) is 10.1 Å². The van der Waals surface area contributed by atoms with Crippen molar-refractivity contribution in [2.24, 2.45) is 0 Å². The molecule has 0 aromatic heterocycles. The molecule has 0 radical (unpaired) electrons. The van der Waals surface area contributed by atoms with E-state index in [0.717, 1.165) is 5.56 Å². The quantitative estimate of drug-likeness (QED) is 0.818. The Balaban J connectivity index is 2.72. The fraction of sp³-hybridized carbons (Fsp3) is 0.0769. The molecule has 2 N–H and O–H groups in total. The van der Waals surface area contributed by atoms with E-state index in [9.17, 15) is 18.1 Å². The molecule has 0 saturated carbocycles. The standard InChI is InChI=1S/C13H12O4S/c1-9-5-7-10(8-6-9)11-3-2-4-12(14)13(11)18(15,16)17/h2-8,14H,1H3,(H,15,16,17). The summed E-state index contributed by atoms with van der Waals surface area (Å²) >= 11 is 0. The van der Waals surface area contributed by atoms with Crippen LogP contribution < -0.4 is 0 Å². The van der Waals surface area contributed by atoms with Gasteiger partial charge in [-0.25, -0.2) is 0 Å². The lowest BCUT2D eigenvalue weighted by molar-refractivity contribution is 0.444. The third-order valence-electron chi connectivity index (χ3n) is 2.61. The highest BCUT2D eigenvalue weighted by atomic mass is 32.2. The minimum absolute atomic E-state index is 0.275. The van der Waals surface area contributed by atoms with Gasteiger partial charge >= 0.3 is 0 Å². The van der Waals surface area contributed by atoms with Crippen LogP contribution in [0, 0.1) is 6.92 Å². The molecule has 0 fully saturated rings. The fourth-order valence-electron chi connectivity index (χ4n) is 1.76. The number of phenolic OH excluding ortho intramolecular Hbond substituents is 1. The molecule has 0 aliphatic heterocycles. The molecular formula is C13H12O4S. The summed E-state index contributed by atoms with van der Waals surface area (Å²) in [5, 5.41) is 9.60. The fourth-order valence-corrected chi connectivity index (χ4v) is 2.55. The molecule has 5 heteroatoms. The van der Waals surface area contributed by atoms with Gasteiger partial charge < -0.3 is 5.11 Å². The molecule has 2 aromatic carbocycles. The summed E-state index contributed by atoms with van der Waals surface area (Å²) in [5.74, 6) is -0.462. The zero-order valence-corrected chi connectivity index (χ0v) is 10.5. The summed E-state index contributed by atoms with van der Waals surface area (Å²) in [6.45, 7) is 1.91. The first-order chi connectivity index (χ1) is 8.39. The van der Waals surface area contributed by atoms with Gasteiger partial charge in [-0.05, 0) is 18.6 Å². The molecule has 0 bridgehead atoms. The number of aromatic hydroxyl groups is 1. The van der Waals surface area contributed by atoms with Gasteiger partial charge in [-0.3, -0.25) is 4.55 Å². The molecule has 2 aromatic rings. The van der Waals surface area contributed by atoms with Gasteiger partial charge in [-0.15, -0.1) is 0 Å². The van der Waals surface area contributed by atoms with Gasteiger partial charge in [0.25, 0.3) is 10.1 Å². The summed E-state index contributed by atoms with van der Waals surface area (Å²) in [7, 11) is -4.47. The molecule has 0 amide bonds. The second-order valence-corrected chi connectivity index (χ2v) is 5.35. The zero-order chi connectivity index (χ0) is 13.3. The lowest BCUT2D eigenvalue weighted by Gasteiger charge is -2.09. The van der Waals surface area contributed by atoms with Crippen LogP contribution in [0.1, 0.15) is 5.56 Å². The van der Waals surface area contributed by atoms with Gasteiger partial charge in [0.05, 0.1) is 0 Å². The van der Waals surface area contributed by atoms with Crippen molar-refractivity contribution in [3.63, 3.8) is 0 Å². The van der Waals surface area contributed by atoms with E-state index in [4.69, 9.17) is 0 Å². The Labute approximate surface area is 105 Å². The highest BCUT2D eigenvalue weighted by molar-refractivity contribution is 7.86. The van der Waals surface area contributed by atoms with Gasteiger partial charge in [0.15, 0.2) is 0 Å². The van der Waals surface area contributed by atoms with E-state index in [1.807, 2.05) is 19.1 Å². The lowest BCUT2D eigenvalue weighted by Crippen LogP contribution is -2.01. The van der Waals surface area contributed by atoms with E-state index in [1.54, 1.807) is 12.1 Å². The highest BCUT2D eigenvalue weighted by Gasteiger charge is 2.20. The van der Waals surface area contributed by atoms with Crippen molar-refractivity contribution < 1.29 is 18.1 Å². The monoisotopic (exact) mass is 264 g/mol. The average molecular weight is 264 g/mol. The Bertz CT molecular complexity index is 673. The molecular weight excluding hydrogens is 252 g/mol. The van der Waals surface area contributed by atoms with Gasteiger partial charge in [0.2, 0.25) is 0 Å². The van der Waals surface area contributed by atoms with Crippen LogP contribution in [0.2, 0.25) is 0 Å². The SMILES string of the molecule is Cc1ccc(-c2cccc(O)c2S(=O)(=O)O)cc1. The molecule has 0 heterocycles. The first kappa shape index (κ1) is 12.6. The van der Waals surface area contributed by atoms with Crippen molar-refractivity contribution in [3.8, 4) is 16.9 Å². The molecule has 0 aliphatic carbocycles. The number of rotatable bonds is 2. The normalized spacial score (nSPS) is 11.4. The number of benzene rings is 2. The molecule has 0 spiro atoms. The maximum absolute atomic E-state index is 11.3. The molecule has 0 saturated heterocycles. The van der Waals surface area contributed by atoms with E-state index in [1.165, 1.54) is 18.2 Å². The largest absolute Gasteiger partial charge is 0.506 e. The summed E-state index contributed by atoms with van der Waals surface area (Å²) in [4.78, 5) is -0.464. The summed E-state index contributed by atoms with van der Waals surface area (Å²) in [6, 6.07) is 11.4. The molecule has 2 rings (SSSR count). The molecule has 4 nitrogen and oxygen atoms in total. The Morgan fingerprint density at radius 3 is 2.17 bits per heavy atom. The molecule has 18 heavy (non-hydrogen) atoms. The Morgan fingerprint density at radius 1 is 1.00 bits per heavy atom. The smallest absolute Gasteiger partial charge is 0.298 e. The predicted molar refractivity (Wildman–Crippen MR) is 68.1 cm³/mol. The van der Waals surface area contributed by atoms with Crippen molar-refractivity contribution >= 4 is 10.1 Å². The van der Waals surface area contributed by atoms with E-state index >= 15 is 0 Å². The summed E-state index contributed by atoms with van der Waals surface area (Å²) in [5.41, 5.74) is 1.92. The van der Waals surface area contributed by atoms with Crippen LogP contribution >= 0.6 is 0 Å². The predicted octanol–water partition coefficient (Wildman–Crippen LogP) is 2.61. The van der Waals surface area contributed by atoms with Crippen molar-refractivity contribution in [2.45, 2.75) is 11.8 Å². The van der Waals surface area contributed by atoms with Crippen LogP contribution in [-0.4, -0.2) is 18.1 Å². The molecule has 0 atom stereocenters. The zero-order valence-electron chi connectivity index (χ0n) is 9.66. The van der Waals surface area contributed by atoms with E-state index in [2.05, 4.69) is 0 Å². The van der Waals surface area contributed by atoms with Gasteiger partial charge in [-0.1, -0.05) is 42.0 Å². The van der Waals surface area contributed by atoms with Crippen LogP contribution in [0.4, 0.5) is 0 Å². The Morgan fingerprint density at radius 2 is 1.61 bits per heavy atom. The topological polar surface area (TPSA) is 74.6 Å². The number of hydrogen-bond acceptors (Lipinski definition) is 3. The first-order valence-corrected chi connectivity index (χ1v) is 6.70. The van der Waals surface area contributed by atoms with Crippen molar-refractivity contribution in [1.29, 1.82) is 0 Å². The van der Waals surface area contributed by atoms with Crippen LogP contribution in [0.15, 0.2) is 47.4 Å². The third-order valence-corrected chi connectivity index (χ3v) is 3.56. The average Bonchev–Trinajstić information content (AvgIpc) is 2.28. The van der Waals surface area contributed by atoms with Crippen LogP contribution in [0.3, 0.4) is 0 Å². The highest BCUT2D eigenvalue weighted by Crippen LogP contribution is 2.33. The second kappa shape index (κ2) is 4.44.